The summed E-state index contributed by atoms with van der Waals surface area (Å²) < 4.78 is 12.3. The molecule has 0 fully saturated rings. The van der Waals surface area contributed by atoms with Crippen LogP contribution in [0.4, 0.5) is 10.5 Å². The fourth-order valence-corrected chi connectivity index (χ4v) is 4.15. The normalized spacial score (nSPS) is 13.7. The summed E-state index contributed by atoms with van der Waals surface area (Å²) in [6, 6.07) is 15.6. The van der Waals surface area contributed by atoms with E-state index < -0.39 is 11.9 Å². The molecule has 5 rings (SSSR count). The van der Waals surface area contributed by atoms with Gasteiger partial charge in [-0.25, -0.2) is 4.79 Å². The number of aryl methyl sites for hydroxylation is 1. The Morgan fingerprint density at radius 1 is 1.12 bits per heavy atom. The number of Topliss-reactive ketones (excluding diaryl/α,β-unsaturated/α-hetero) is 1. The topological polar surface area (TPSA) is 110 Å². The standard InChI is InChI=1S/C26H20N2O6/c1-28-13-15(10-22-25(31)24-20(30)11-17(29)12-21(24)34-22)23-18(4-3-5-19(23)28)14-6-8-16(9-7-14)27-26(32)33-2/h3-13,29-30H,1-2H3,(H,27,32)/b22-10-. The van der Waals surface area contributed by atoms with E-state index in [1.54, 1.807) is 18.2 Å². The van der Waals surface area contributed by atoms with Crippen LogP contribution in [0.25, 0.3) is 28.1 Å². The number of fused-ring (bicyclic) bond motifs is 2. The van der Waals surface area contributed by atoms with Crippen LogP contribution in [0.5, 0.6) is 17.2 Å². The lowest BCUT2D eigenvalue weighted by molar-refractivity contribution is 0.101. The third-order valence-electron chi connectivity index (χ3n) is 5.70. The van der Waals surface area contributed by atoms with Crippen LogP contribution >= 0.6 is 0 Å². The van der Waals surface area contributed by atoms with Gasteiger partial charge in [0.15, 0.2) is 5.76 Å². The molecule has 170 valence electrons. The molecule has 0 bridgehead atoms. The summed E-state index contributed by atoms with van der Waals surface area (Å²) in [4.78, 5) is 24.4. The molecule has 1 aliphatic heterocycles. The smallest absolute Gasteiger partial charge is 0.411 e. The van der Waals surface area contributed by atoms with Crippen molar-refractivity contribution in [3.63, 3.8) is 0 Å². The van der Waals surface area contributed by atoms with Gasteiger partial charge in [-0.2, -0.15) is 0 Å². The highest BCUT2D eigenvalue weighted by Gasteiger charge is 2.31. The molecular formula is C26H20N2O6. The Bertz CT molecular complexity index is 1500. The summed E-state index contributed by atoms with van der Waals surface area (Å²) >= 11 is 0. The van der Waals surface area contributed by atoms with Gasteiger partial charge in [-0.1, -0.05) is 24.3 Å². The number of anilines is 1. The van der Waals surface area contributed by atoms with E-state index in [1.165, 1.54) is 13.2 Å². The number of hydrogen-bond acceptors (Lipinski definition) is 6. The van der Waals surface area contributed by atoms with Crippen LogP contribution in [0.1, 0.15) is 15.9 Å². The molecule has 34 heavy (non-hydrogen) atoms. The predicted molar refractivity (Wildman–Crippen MR) is 127 cm³/mol. The minimum Gasteiger partial charge on any atom is -0.508 e. The van der Waals surface area contributed by atoms with Crippen LogP contribution in [0.2, 0.25) is 0 Å². The van der Waals surface area contributed by atoms with Crippen LogP contribution in [0.3, 0.4) is 0 Å². The summed E-state index contributed by atoms with van der Waals surface area (Å²) in [7, 11) is 3.21. The first kappa shape index (κ1) is 21.1. The Balaban J connectivity index is 1.59. The van der Waals surface area contributed by atoms with Crippen molar-refractivity contribution < 1.29 is 29.3 Å². The first-order chi connectivity index (χ1) is 16.4. The molecule has 3 N–H and O–H groups in total. The van der Waals surface area contributed by atoms with Gasteiger partial charge in [0.05, 0.1) is 7.11 Å². The number of rotatable bonds is 3. The van der Waals surface area contributed by atoms with Crippen molar-refractivity contribution in [2.75, 3.05) is 12.4 Å². The molecule has 8 nitrogen and oxygen atoms in total. The maximum atomic E-state index is 12.9. The molecule has 8 heteroatoms. The molecule has 1 aromatic heterocycles. The van der Waals surface area contributed by atoms with Crippen molar-refractivity contribution >= 4 is 34.5 Å². The van der Waals surface area contributed by atoms with Crippen LogP contribution in [0.15, 0.2) is 66.6 Å². The number of carbonyl (C=O) groups is 2. The van der Waals surface area contributed by atoms with Gasteiger partial charge in [0, 0.05) is 47.5 Å². The van der Waals surface area contributed by atoms with Crippen molar-refractivity contribution in [3.05, 3.63) is 77.7 Å². The van der Waals surface area contributed by atoms with E-state index in [1.807, 2.05) is 48.1 Å². The van der Waals surface area contributed by atoms with E-state index in [2.05, 4.69) is 10.1 Å². The van der Waals surface area contributed by atoms with Gasteiger partial charge in [-0.3, -0.25) is 10.1 Å². The third kappa shape index (κ3) is 3.51. The molecule has 1 aliphatic rings. The van der Waals surface area contributed by atoms with E-state index in [9.17, 15) is 19.8 Å². The number of phenolic OH excluding ortho intramolecular Hbond substituents is 2. The van der Waals surface area contributed by atoms with Crippen LogP contribution < -0.4 is 10.1 Å². The summed E-state index contributed by atoms with van der Waals surface area (Å²) in [6.45, 7) is 0. The maximum Gasteiger partial charge on any atom is 0.411 e. The Labute approximate surface area is 194 Å². The van der Waals surface area contributed by atoms with Crippen LogP contribution in [-0.2, 0) is 11.8 Å². The number of hydrogen-bond donors (Lipinski definition) is 3. The third-order valence-corrected chi connectivity index (χ3v) is 5.70. The Morgan fingerprint density at radius 3 is 2.62 bits per heavy atom. The van der Waals surface area contributed by atoms with Gasteiger partial charge in [-0.15, -0.1) is 0 Å². The van der Waals surface area contributed by atoms with Gasteiger partial charge < -0.3 is 24.3 Å². The maximum absolute atomic E-state index is 12.9. The molecule has 3 aromatic carbocycles. The lowest BCUT2D eigenvalue weighted by atomic mass is 9.98. The molecular weight excluding hydrogens is 436 g/mol. The van der Waals surface area contributed by atoms with Crippen molar-refractivity contribution in [2.24, 2.45) is 7.05 Å². The second-order valence-corrected chi connectivity index (χ2v) is 7.87. The van der Waals surface area contributed by atoms with Crippen molar-refractivity contribution in [1.82, 2.24) is 4.57 Å². The molecule has 4 aromatic rings. The van der Waals surface area contributed by atoms with Gasteiger partial charge in [0.25, 0.3) is 0 Å². The zero-order chi connectivity index (χ0) is 24.0. The number of nitrogens with zero attached hydrogens (tertiary/aromatic N) is 1. The molecule has 0 radical (unpaired) electrons. The van der Waals surface area contributed by atoms with Gasteiger partial charge in [0.2, 0.25) is 5.78 Å². The number of allylic oxidation sites excluding steroid dienone is 1. The van der Waals surface area contributed by atoms with Crippen LogP contribution in [-0.4, -0.2) is 33.8 Å². The van der Waals surface area contributed by atoms with Crippen molar-refractivity contribution in [2.45, 2.75) is 0 Å². The summed E-state index contributed by atoms with van der Waals surface area (Å²) in [6.07, 6.45) is 2.98. The first-order valence-electron chi connectivity index (χ1n) is 10.4. The largest absolute Gasteiger partial charge is 0.508 e. The number of ketones is 1. The van der Waals surface area contributed by atoms with Crippen molar-refractivity contribution in [3.8, 4) is 28.4 Å². The van der Waals surface area contributed by atoms with E-state index in [4.69, 9.17) is 4.74 Å². The number of amides is 1. The van der Waals surface area contributed by atoms with Gasteiger partial charge in [0.1, 0.15) is 22.8 Å². The highest BCUT2D eigenvalue weighted by Crippen LogP contribution is 2.41. The average molecular weight is 456 g/mol. The number of carbonyl (C=O) groups excluding carboxylic acids is 2. The number of ether oxygens (including phenoxy) is 2. The number of phenols is 2. The van der Waals surface area contributed by atoms with E-state index in [-0.39, 0.29) is 28.6 Å². The monoisotopic (exact) mass is 456 g/mol. The number of aromatic hydroxyl groups is 2. The Hall–Kier alpha value is -4.72. The van der Waals surface area contributed by atoms with Gasteiger partial charge >= 0.3 is 6.09 Å². The highest BCUT2D eigenvalue weighted by atomic mass is 16.5. The van der Waals surface area contributed by atoms with E-state index in [0.717, 1.165) is 33.7 Å². The number of aromatic nitrogens is 1. The fourth-order valence-electron chi connectivity index (χ4n) is 4.15. The first-order valence-corrected chi connectivity index (χ1v) is 10.4. The zero-order valence-corrected chi connectivity index (χ0v) is 18.3. The quantitative estimate of drug-likeness (QED) is 0.372. The second-order valence-electron chi connectivity index (χ2n) is 7.87. The number of methoxy groups -OCH3 is 1. The zero-order valence-electron chi connectivity index (χ0n) is 18.3. The molecule has 0 saturated heterocycles. The fraction of sp³-hybridized carbons (Fsp3) is 0.0769. The summed E-state index contributed by atoms with van der Waals surface area (Å²) in [5.41, 5.74) is 4.17. The van der Waals surface area contributed by atoms with E-state index in [0.29, 0.717) is 5.69 Å². The number of benzene rings is 3. The minimum atomic E-state index is -0.548. The molecule has 0 aliphatic carbocycles. The van der Waals surface area contributed by atoms with Gasteiger partial charge in [-0.05, 0) is 35.4 Å². The van der Waals surface area contributed by atoms with E-state index >= 15 is 0 Å². The molecule has 1 amide bonds. The predicted octanol–water partition coefficient (Wildman–Crippen LogP) is 5.05. The summed E-state index contributed by atoms with van der Waals surface area (Å²) in [5, 5.41) is 23.4. The molecule has 0 saturated carbocycles. The lowest BCUT2D eigenvalue weighted by Crippen LogP contribution is -2.10. The molecule has 2 heterocycles. The van der Waals surface area contributed by atoms with Crippen molar-refractivity contribution in [1.29, 1.82) is 0 Å². The van der Waals surface area contributed by atoms with Crippen LogP contribution in [0, 0.1) is 0 Å². The molecule has 0 spiro atoms. The molecule has 0 atom stereocenters. The minimum absolute atomic E-state index is 0.0261. The Morgan fingerprint density at radius 2 is 1.88 bits per heavy atom. The summed E-state index contributed by atoms with van der Waals surface area (Å²) in [5.74, 6) is -0.815. The molecule has 0 unspecified atom stereocenters. The average Bonchev–Trinajstić information content (AvgIpc) is 3.30. The lowest BCUT2D eigenvalue weighted by Gasteiger charge is -2.08. The second kappa shape index (κ2) is 8.00. The Kier molecular flexibility index (Phi) is 4.98. The SMILES string of the molecule is COC(=O)Nc1ccc(-c2cccc3c2c(/C=C2\Oc4cc(O)cc(O)c4C2=O)cn3C)cc1. The number of nitrogens with one attached hydrogen (secondary N) is 1. The highest BCUT2D eigenvalue weighted by molar-refractivity contribution is 6.17.